The van der Waals surface area contributed by atoms with E-state index in [2.05, 4.69) is 10.3 Å². The van der Waals surface area contributed by atoms with Crippen molar-refractivity contribution in [1.82, 2.24) is 4.98 Å². The molecule has 3 nitrogen and oxygen atoms in total. The summed E-state index contributed by atoms with van der Waals surface area (Å²) in [5.74, 6) is -0.372. The molecule has 1 heterocycles. The highest BCUT2D eigenvalue weighted by atomic mass is 32.1. The molecule has 2 aromatic rings. The number of aryl methyl sites for hydroxylation is 1. The minimum Gasteiger partial charge on any atom is -0.377 e. The van der Waals surface area contributed by atoms with Gasteiger partial charge in [0.05, 0.1) is 28.4 Å². The van der Waals surface area contributed by atoms with E-state index in [9.17, 15) is 4.39 Å². The van der Waals surface area contributed by atoms with Crippen molar-refractivity contribution in [3.63, 3.8) is 0 Å². The smallest absolute Gasteiger partial charge is 0.129 e. The molecule has 0 radical (unpaired) electrons. The maximum atomic E-state index is 13.7. The van der Waals surface area contributed by atoms with Crippen LogP contribution in [0.25, 0.3) is 0 Å². The van der Waals surface area contributed by atoms with Gasteiger partial charge in [0.2, 0.25) is 0 Å². The number of halogens is 1. The van der Waals surface area contributed by atoms with E-state index >= 15 is 0 Å². The van der Waals surface area contributed by atoms with Gasteiger partial charge in [-0.15, -0.1) is 11.3 Å². The number of hydrogen-bond donors (Lipinski definition) is 1. The fourth-order valence-corrected chi connectivity index (χ4v) is 2.49. The monoisotopic (exact) mass is 275 g/mol. The number of rotatable bonds is 3. The molecule has 98 valence electrons. The lowest BCUT2D eigenvalue weighted by Crippen LogP contribution is -2.09. The van der Waals surface area contributed by atoms with Crippen LogP contribution in [0.3, 0.4) is 0 Å². The number of benzene rings is 1. The van der Waals surface area contributed by atoms with Gasteiger partial charge in [0.1, 0.15) is 5.82 Å². The highest BCUT2D eigenvalue weighted by molar-refractivity contribution is 7.09. The molecule has 1 N–H and O–H groups in total. The number of anilines is 1. The summed E-state index contributed by atoms with van der Waals surface area (Å²) >= 11 is 1.58. The van der Waals surface area contributed by atoms with E-state index in [0.29, 0.717) is 16.8 Å². The van der Waals surface area contributed by atoms with Gasteiger partial charge in [0.25, 0.3) is 0 Å². The minimum atomic E-state index is -0.372. The predicted octanol–water partition coefficient (Wildman–Crippen LogP) is 3.94. The van der Waals surface area contributed by atoms with Gasteiger partial charge >= 0.3 is 0 Å². The van der Waals surface area contributed by atoms with Crippen LogP contribution in [0.5, 0.6) is 0 Å². The molecule has 0 saturated heterocycles. The van der Waals surface area contributed by atoms with Crippen LogP contribution in [0, 0.1) is 31.0 Å². The van der Waals surface area contributed by atoms with Gasteiger partial charge in [-0.25, -0.2) is 9.37 Å². The van der Waals surface area contributed by atoms with E-state index in [1.165, 1.54) is 6.07 Å². The first-order valence-electron chi connectivity index (χ1n) is 5.90. The van der Waals surface area contributed by atoms with Crippen molar-refractivity contribution in [2.24, 2.45) is 0 Å². The van der Waals surface area contributed by atoms with Crippen LogP contribution in [-0.4, -0.2) is 4.98 Å². The molecule has 0 aliphatic rings. The summed E-state index contributed by atoms with van der Waals surface area (Å²) in [6.45, 7) is 5.60. The van der Waals surface area contributed by atoms with Crippen molar-refractivity contribution in [1.29, 1.82) is 5.26 Å². The molecule has 0 amide bonds. The van der Waals surface area contributed by atoms with E-state index in [0.717, 1.165) is 10.7 Å². The second kappa shape index (κ2) is 5.37. The fourth-order valence-electron chi connectivity index (χ4n) is 1.78. The number of aromatic nitrogens is 1. The van der Waals surface area contributed by atoms with Crippen LogP contribution >= 0.6 is 11.3 Å². The van der Waals surface area contributed by atoms with E-state index in [4.69, 9.17) is 5.26 Å². The summed E-state index contributed by atoms with van der Waals surface area (Å²) in [5.41, 5.74) is 2.38. The molecule has 0 fully saturated rings. The van der Waals surface area contributed by atoms with Crippen molar-refractivity contribution in [3.05, 3.63) is 45.2 Å². The van der Waals surface area contributed by atoms with Crippen LogP contribution < -0.4 is 5.32 Å². The third kappa shape index (κ3) is 2.91. The van der Waals surface area contributed by atoms with Gasteiger partial charge in [-0.1, -0.05) is 0 Å². The maximum Gasteiger partial charge on any atom is 0.129 e. The summed E-state index contributed by atoms with van der Waals surface area (Å²) < 4.78 is 13.7. The SMILES string of the molecule is Cc1nc(C(C)Nc2cc(C#N)cc(F)c2C)cs1. The van der Waals surface area contributed by atoms with Crippen molar-refractivity contribution in [2.75, 3.05) is 5.32 Å². The van der Waals surface area contributed by atoms with E-state index in [-0.39, 0.29) is 11.9 Å². The Labute approximate surface area is 115 Å². The second-order valence-electron chi connectivity index (χ2n) is 4.40. The molecule has 1 aromatic carbocycles. The Kier molecular flexibility index (Phi) is 3.82. The van der Waals surface area contributed by atoms with Crippen LogP contribution in [0.4, 0.5) is 10.1 Å². The van der Waals surface area contributed by atoms with Crippen molar-refractivity contribution in [3.8, 4) is 6.07 Å². The number of nitrogens with zero attached hydrogens (tertiary/aromatic N) is 2. The first-order chi connectivity index (χ1) is 9.01. The van der Waals surface area contributed by atoms with Gasteiger partial charge in [0.15, 0.2) is 0 Å². The summed E-state index contributed by atoms with van der Waals surface area (Å²) in [7, 11) is 0. The van der Waals surface area contributed by atoms with Crippen LogP contribution in [0.2, 0.25) is 0 Å². The molecule has 19 heavy (non-hydrogen) atoms. The molecular weight excluding hydrogens is 261 g/mol. The van der Waals surface area contributed by atoms with Crippen molar-refractivity contribution in [2.45, 2.75) is 26.8 Å². The van der Waals surface area contributed by atoms with Gasteiger partial charge in [0, 0.05) is 16.6 Å². The normalized spacial score (nSPS) is 11.9. The molecule has 1 unspecified atom stereocenters. The van der Waals surface area contributed by atoms with Crippen molar-refractivity contribution >= 4 is 17.0 Å². The highest BCUT2D eigenvalue weighted by Gasteiger charge is 2.12. The molecule has 5 heteroatoms. The lowest BCUT2D eigenvalue weighted by molar-refractivity contribution is 0.618. The second-order valence-corrected chi connectivity index (χ2v) is 5.46. The maximum absolute atomic E-state index is 13.7. The Morgan fingerprint density at radius 2 is 2.16 bits per heavy atom. The number of thiazole rings is 1. The third-order valence-corrected chi connectivity index (χ3v) is 3.72. The third-order valence-electron chi connectivity index (χ3n) is 2.93. The lowest BCUT2D eigenvalue weighted by Gasteiger charge is -2.16. The van der Waals surface area contributed by atoms with E-state index < -0.39 is 0 Å². The molecule has 0 bridgehead atoms. The Balaban J connectivity index is 2.28. The predicted molar refractivity (Wildman–Crippen MR) is 74.7 cm³/mol. The van der Waals surface area contributed by atoms with E-state index in [1.54, 1.807) is 24.3 Å². The zero-order valence-corrected chi connectivity index (χ0v) is 11.8. The zero-order valence-electron chi connectivity index (χ0n) is 11.0. The van der Waals surface area contributed by atoms with Gasteiger partial charge < -0.3 is 5.32 Å². The van der Waals surface area contributed by atoms with Crippen LogP contribution in [0.15, 0.2) is 17.5 Å². The van der Waals surface area contributed by atoms with Crippen LogP contribution in [-0.2, 0) is 0 Å². The van der Waals surface area contributed by atoms with Gasteiger partial charge in [-0.05, 0) is 32.9 Å². The van der Waals surface area contributed by atoms with Crippen LogP contribution in [0.1, 0.15) is 34.8 Å². The Morgan fingerprint density at radius 3 is 2.74 bits per heavy atom. The molecule has 0 aliphatic carbocycles. The number of nitrogens with one attached hydrogen (secondary N) is 1. The number of hydrogen-bond acceptors (Lipinski definition) is 4. The zero-order chi connectivity index (χ0) is 14.0. The summed E-state index contributed by atoms with van der Waals surface area (Å²) in [6.07, 6.45) is 0. The first kappa shape index (κ1) is 13.5. The largest absolute Gasteiger partial charge is 0.377 e. The summed E-state index contributed by atoms with van der Waals surface area (Å²) in [5, 5.41) is 15.1. The minimum absolute atomic E-state index is 0.0306. The molecule has 0 spiro atoms. The first-order valence-corrected chi connectivity index (χ1v) is 6.78. The highest BCUT2D eigenvalue weighted by Crippen LogP contribution is 2.25. The molecule has 2 rings (SSSR count). The Bertz CT molecular complexity index is 643. The molecule has 1 aromatic heterocycles. The fraction of sp³-hybridized carbons (Fsp3) is 0.286. The topological polar surface area (TPSA) is 48.7 Å². The van der Waals surface area contributed by atoms with E-state index in [1.807, 2.05) is 25.3 Å². The summed E-state index contributed by atoms with van der Waals surface area (Å²) in [6, 6.07) is 4.84. The Morgan fingerprint density at radius 1 is 1.42 bits per heavy atom. The average Bonchev–Trinajstić information content (AvgIpc) is 2.81. The Hall–Kier alpha value is -1.93. The average molecular weight is 275 g/mol. The standard InChI is InChI=1S/C14H14FN3S/c1-8-12(15)4-11(6-16)5-13(8)17-9(2)14-7-19-10(3)18-14/h4-5,7,9,17H,1-3H3. The molecular formula is C14H14FN3S. The quantitative estimate of drug-likeness (QED) is 0.922. The van der Waals surface area contributed by atoms with Gasteiger partial charge in [-0.2, -0.15) is 5.26 Å². The van der Waals surface area contributed by atoms with Crippen molar-refractivity contribution < 1.29 is 4.39 Å². The van der Waals surface area contributed by atoms with Gasteiger partial charge in [-0.3, -0.25) is 0 Å². The lowest BCUT2D eigenvalue weighted by atomic mass is 10.1. The number of nitriles is 1. The molecule has 1 atom stereocenters. The molecule has 0 aliphatic heterocycles. The summed E-state index contributed by atoms with van der Waals surface area (Å²) in [4.78, 5) is 4.40. The molecule has 0 saturated carbocycles.